The molecule has 0 fully saturated rings. The minimum atomic E-state index is -3.69. The summed E-state index contributed by atoms with van der Waals surface area (Å²) in [6.45, 7) is 3.63. The van der Waals surface area contributed by atoms with Crippen LogP contribution in [0.1, 0.15) is 13.8 Å². The van der Waals surface area contributed by atoms with Gasteiger partial charge in [0.1, 0.15) is 0 Å². The van der Waals surface area contributed by atoms with E-state index in [4.69, 9.17) is 4.89 Å². The first-order valence-electron chi connectivity index (χ1n) is 2.74. The van der Waals surface area contributed by atoms with E-state index in [1.807, 2.05) is 0 Å². The molecule has 0 aliphatic rings. The number of phosphoric ester groups is 1. The molecule has 0 aromatic heterocycles. The van der Waals surface area contributed by atoms with E-state index >= 15 is 0 Å². The minimum Gasteiger partial charge on any atom is -0.412 e. The summed E-state index contributed by atoms with van der Waals surface area (Å²) in [5.74, 6) is 0. The van der Waals surface area contributed by atoms with Crippen molar-refractivity contribution in [1.29, 1.82) is 0 Å². The van der Waals surface area contributed by atoms with Crippen molar-refractivity contribution in [3.8, 4) is 0 Å². The Kier molecular flexibility index (Phi) is 7.41. The maximum Gasteiger partial charge on any atom is 0.472 e. The SMILES string of the molecule is CCOP(=O)(O)OCC.O. The van der Waals surface area contributed by atoms with Crippen LogP contribution in [0.5, 0.6) is 0 Å². The largest absolute Gasteiger partial charge is 0.472 e. The Morgan fingerprint density at radius 3 is 1.80 bits per heavy atom. The summed E-state index contributed by atoms with van der Waals surface area (Å²) >= 11 is 0. The maximum atomic E-state index is 10.5. The molecule has 10 heavy (non-hydrogen) atoms. The fourth-order valence-electron chi connectivity index (χ4n) is 0.364. The van der Waals surface area contributed by atoms with Gasteiger partial charge in [-0.2, -0.15) is 0 Å². The highest BCUT2D eigenvalue weighted by Gasteiger charge is 2.17. The summed E-state index contributed by atoms with van der Waals surface area (Å²) in [6, 6.07) is 0. The number of rotatable bonds is 4. The number of hydrogen-bond acceptors (Lipinski definition) is 3. The molecule has 64 valence electrons. The molecule has 0 rings (SSSR count). The van der Waals surface area contributed by atoms with Crippen molar-refractivity contribution in [2.24, 2.45) is 0 Å². The van der Waals surface area contributed by atoms with Crippen LogP contribution in [0.3, 0.4) is 0 Å². The van der Waals surface area contributed by atoms with E-state index in [-0.39, 0.29) is 18.7 Å². The topological polar surface area (TPSA) is 87.3 Å². The van der Waals surface area contributed by atoms with E-state index in [0.29, 0.717) is 0 Å². The average Bonchev–Trinajstić information content (AvgIpc) is 1.64. The van der Waals surface area contributed by atoms with Gasteiger partial charge in [-0.25, -0.2) is 4.57 Å². The molecule has 3 N–H and O–H groups in total. The van der Waals surface area contributed by atoms with Crippen LogP contribution in [-0.4, -0.2) is 23.6 Å². The van der Waals surface area contributed by atoms with Crippen LogP contribution in [0.15, 0.2) is 0 Å². The van der Waals surface area contributed by atoms with Gasteiger partial charge in [-0.3, -0.25) is 9.05 Å². The van der Waals surface area contributed by atoms with Crippen LogP contribution < -0.4 is 0 Å². The van der Waals surface area contributed by atoms with Crippen molar-refractivity contribution in [1.82, 2.24) is 0 Å². The van der Waals surface area contributed by atoms with Gasteiger partial charge in [0.2, 0.25) is 0 Å². The van der Waals surface area contributed by atoms with Gasteiger partial charge >= 0.3 is 7.82 Å². The summed E-state index contributed by atoms with van der Waals surface area (Å²) in [6.07, 6.45) is 0. The molecule has 0 amide bonds. The third-order valence-electron chi connectivity index (χ3n) is 0.584. The molecule has 0 bridgehead atoms. The Balaban J connectivity index is 0. The van der Waals surface area contributed by atoms with Crippen molar-refractivity contribution in [2.45, 2.75) is 13.8 Å². The van der Waals surface area contributed by atoms with E-state index in [2.05, 4.69) is 9.05 Å². The zero-order chi connectivity index (χ0) is 7.33. The lowest BCUT2D eigenvalue weighted by atomic mass is 10.9. The predicted molar refractivity (Wildman–Crippen MR) is 36.7 cm³/mol. The lowest BCUT2D eigenvalue weighted by molar-refractivity contribution is 0.161. The van der Waals surface area contributed by atoms with E-state index < -0.39 is 7.82 Å². The zero-order valence-corrected chi connectivity index (χ0v) is 6.93. The molecule has 0 aliphatic carbocycles. The molecule has 0 spiro atoms. The molecule has 0 aromatic carbocycles. The molecular weight excluding hydrogens is 159 g/mol. The Hall–Kier alpha value is 0.0700. The molecule has 0 aliphatic heterocycles. The first-order chi connectivity index (χ1) is 4.12. The van der Waals surface area contributed by atoms with Crippen LogP contribution >= 0.6 is 7.82 Å². The van der Waals surface area contributed by atoms with E-state index in [1.54, 1.807) is 13.8 Å². The molecule has 0 saturated heterocycles. The number of hydrogen-bond donors (Lipinski definition) is 1. The number of phosphoric acid groups is 1. The van der Waals surface area contributed by atoms with Crippen molar-refractivity contribution in [3.05, 3.63) is 0 Å². The van der Waals surface area contributed by atoms with Crippen LogP contribution in [0.2, 0.25) is 0 Å². The maximum absolute atomic E-state index is 10.5. The van der Waals surface area contributed by atoms with E-state index in [0.717, 1.165) is 0 Å². The lowest BCUT2D eigenvalue weighted by Crippen LogP contribution is -1.93. The van der Waals surface area contributed by atoms with Gasteiger partial charge in [0.25, 0.3) is 0 Å². The van der Waals surface area contributed by atoms with Crippen molar-refractivity contribution in [3.63, 3.8) is 0 Å². The monoisotopic (exact) mass is 172 g/mol. The first kappa shape index (κ1) is 12.7. The summed E-state index contributed by atoms with van der Waals surface area (Å²) < 4.78 is 19.2. The highest BCUT2D eigenvalue weighted by molar-refractivity contribution is 7.47. The smallest absolute Gasteiger partial charge is 0.412 e. The summed E-state index contributed by atoms with van der Waals surface area (Å²) in [5, 5.41) is 0. The Labute approximate surface area is 59.9 Å². The fraction of sp³-hybridized carbons (Fsp3) is 1.00. The predicted octanol–water partition coefficient (Wildman–Crippen LogP) is 0.335. The second-order valence-electron chi connectivity index (χ2n) is 1.30. The Morgan fingerprint density at radius 2 is 1.60 bits per heavy atom. The second kappa shape index (κ2) is 5.82. The Morgan fingerprint density at radius 1 is 1.30 bits per heavy atom. The summed E-state index contributed by atoms with van der Waals surface area (Å²) in [7, 11) is -3.69. The Bertz CT molecular complexity index is 104. The molecular formula is C4H13O5P. The van der Waals surface area contributed by atoms with Gasteiger partial charge in [0.15, 0.2) is 0 Å². The van der Waals surface area contributed by atoms with Gasteiger partial charge in [0.05, 0.1) is 13.2 Å². The molecule has 0 aromatic rings. The second-order valence-corrected chi connectivity index (χ2v) is 2.76. The van der Waals surface area contributed by atoms with E-state index in [9.17, 15) is 4.57 Å². The minimum absolute atomic E-state index is 0. The van der Waals surface area contributed by atoms with Crippen molar-refractivity contribution in [2.75, 3.05) is 13.2 Å². The quantitative estimate of drug-likeness (QED) is 0.619. The van der Waals surface area contributed by atoms with Gasteiger partial charge < -0.3 is 10.4 Å². The fourth-order valence-corrected chi connectivity index (χ4v) is 1.09. The first-order valence-corrected chi connectivity index (χ1v) is 4.23. The van der Waals surface area contributed by atoms with Crippen molar-refractivity contribution >= 4 is 7.82 Å². The molecule has 0 heterocycles. The van der Waals surface area contributed by atoms with Crippen LogP contribution in [-0.2, 0) is 13.6 Å². The van der Waals surface area contributed by atoms with Gasteiger partial charge in [-0.1, -0.05) is 0 Å². The molecule has 0 radical (unpaired) electrons. The third-order valence-corrected chi connectivity index (χ3v) is 1.75. The average molecular weight is 172 g/mol. The molecule has 6 heteroatoms. The van der Waals surface area contributed by atoms with Gasteiger partial charge in [-0.05, 0) is 13.8 Å². The molecule has 5 nitrogen and oxygen atoms in total. The summed E-state index contributed by atoms with van der Waals surface area (Å²) in [4.78, 5) is 8.63. The van der Waals surface area contributed by atoms with Gasteiger partial charge in [0, 0.05) is 0 Å². The third kappa shape index (κ3) is 6.19. The van der Waals surface area contributed by atoms with Gasteiger partial charge in [-0.15, -0.1) is 0 Å². The highest BCUT2D eigenvalue weighted by atomic mass is 31.2. The van der Waals surface area contributed by atoms with Crippen LogP contribution in [0.4, 0.5) is 0 Å². The van der Waals surface area contributed by atoms with Crippen LogP contribution in [0, 0.1) is 0 Å². The normalized spacial score (nSPS) is 10.7. The standard InChI is InChI=1S/C4H11O4P.H2O/c1-3-7-9(5,6)8-4-2;/h3-4H2,1-2H3,(H,5,6);1H2. The summed E-state index contributed by atoms with van der Waals surface area (Å²) in [5.41, 5.74) is 0. The molecule has 0 unspecified atom stereocenters. The lowest BCUT2D eigenvalue weighted by Gasteiger charge is -2.07. The zero-order valence-electron chi connectivity index (χ0n) is 6.03. The van der Waals surface area contributed by atoms with E-state index in [1.165, 1.54) is 0 Å². The molecule has 0 saturated carbocycles. The molecule has 0 atom stereocenters. The van der Waals surface area contributed by atoms with Crippen molar-refractivity contribution < 1.29 is 24.0 Å². The highest BCUT2D eigenvalue weighted by Crippen LogP contribution is 2.42. The van der Waals surface area contributed by atoms with Crippen LogP contribution in [0.25, 0.3) is 0 Å².